The number of hydrogen-bond donors (Lipinski definition) is 2. The molecular weight excluding hydrogens is 270 g/mol. The molecule has 2 aromatic rings. The topological polar surface area (TPSA) is 71.7 Å². The Morgan fingerprint density at radius 1 is 1.43 bits per heavy atom. The fourth-order valence-corrected chi connectivity index (χ4v) is 1.83. The highest BCUT2D eigenvalue weighted by Crippen LogP contribution is 2.14. The van der Waals surface area contributed by atoms with Crippen molar-refractivity contribution in [3.63, 3.8) is 0 Å². The van der Waals surface area contributed by atoms with Crippen molar-refractivity contribution in [2.75, 3.05) is 13.7 Å². The highest BCUT2D eigenvalue weighted by molar-refractivity contribution is 5.92. The maximum absolute atomic E-state index is 11.9. The van der Waals surface area contributed by atoms with E-state index in [1.807, 2.05) is 24.3 Å². The Morgan fingerprint density at radius 2 is 2.29 bits per heavy atom. The number of furan rings is 1. The van der Waals surface area contributed by atoms with Crippen LogP contribution in [-0.4, -0.2) is 24.7 Å². The molecule has 1 aromatic heterocycles. The highest BCUT2D eigenvalue weighted by Gasteiger charge is 2.14. The van der Waals surface area contributed by atoms with Crippen LogP contribution in [0.5, 0.6) is 5.75 Å². The molecule has 2 N–H and O–H groups in total. The summed E-state index contributed by atoms with van der Waals surface area (Å²) in [5.74, 6) is 0.926. The SMILES string of the molecule is COc1cccc(/C=C/C(=O)NC(CO)c2ccco2)c1. The van der Waals surface area contributed by atoms with Gasteiger partial charge in [0.1, 0.15) is 17.6 Å². The molecule has 5 nitrogen and oxygen atoms in total. The minimum absolute atomic E-state index is 0.230. The summed E-state index contributed by atoms with van der Waals surface area (Å²) < 4.78 is 10.3. The van der Waals surface area contributed by atoms with E-state index in [9.17, 15) is 9.90 Å². The van der Waals surface area contributed by atoms with Gasteiger partial charge in [-0.05, 0) is 35.9 Å². The van der Waals surface area contributed by atoms with Crippen molar-refractivity contribution >= 4 is 12.0 Å². The van der Waals surface area contributed by atoms with Gasteiger partial charge in [-0.15, -0.1) is 0 Å². The molecule has 21 heavy (non-hydrogen) atoms. The molecule has 1 amide bonds. The molecule has 0 aliphatic carbocycles. The number of carbonyl (C=O) groups excluding carboxylic acids is 1. The molecule has 5 heteroatoms. The molecule has 0 saturated carbocycles. The van der Waals surface area contributed by atoms with E-state index in [4.69, 9.17) is 9.15 Å². The van der Waals surface area contributed by atoms with Crippen LogP contribution in [0.25, 0.3) is 6.08 Å². The van der Waals surface area contributed by atoms with E-state index in [0.717, 1.165) is 11.3 Å². The lowest BCUT2D eigenvalue weighted by atomic mass is 10.2. The van der Waals surface area contributed by atoms with Crippen molar-refractivity contribution in [3.8, 4) is 5.75 Å². The maximum atomic E-state index is 11.9. The van der Waals surface area contributed by atoms with Crippen LogP contribution in [0.4, 0.5) is 0 Å². The lowest BCUT2D eigenvalue weighted by Crippen LogP contribution is -2.28. The van der Waals surface area contributed by atoms with Crippen molar-refractivity contribution in [1.29, 1.82) is 0 Å². The molecule has 0 saturated heterocycles. The van der Waals surface area contributed by atoms with Crippen molar-refractivity contribution in [1.82, 2.24) is 5.32 Å². The minimum atomic E-state index is -0.553. The third kappa shape index (κ3) is 4.22. The number of ether oxygens (including phenoxy) is 1. The summed E-state index contributed by atoms with van der Waals surface area (Å²) in [4.78, 5) is 11.9. The third-order valence-corrected chi connectivity index (χ3v) is 2.91. The number of hydrogen-bond acceptors (Lipinski definition) is 4. The first-order chi connectivity index (χ1) is 10.2. The molecule has 110 valence electrons. The lowest BCUT2D eigenvalue weighted by molar-refractivity contribution is -0.117. The second-order valence-electron chi connectivity index (χ2n) is 4.37. The largest absolute Gasteiger partial charge is 0.497 e. The van der Waals surface area contributed by atoms with E-state index < -0.39 is 6.04 Å². The zero-order valence-electron chi connectivity index (χ0n) is 11.7. The third-order valence-electron chi connectivity index (χ3n) is 2.91. The van der Waals surface area contributed by atoms with Crippen molar-refractivity contribution in [2.45, 2.75) is 6.04 Å². The van der Waals surface area contributed by atoms with Gasteiger partial charge in [-0.3, -0.25) is 4.79 Å². The number of methoxy groups -OCH3 is 1. The Kier molecular flexibility index (Phi) is 5.17. The number of aliphatic hydroxyl groups excluding tert-OH is 1. The molecule has 0 aliphatic rings. The Bertz CT molecular complexity index is 604. The van der Waals surface area contributed by atoms with Crippen LogP contribution in [-0.2, 0) is 4.79 Å². The monoisotopic (exact) mass is 287 g/mol. The van der Waals surface area contributed by atoms with Gasteiger partial charge in [0.25, 0.3) is 0 Å². The predicted molar refractivity (Wildman–Crippen MR) is 78.7 cm³/mol. The van der Waals surface area contributed by atoms with E-state index in [1.54, 1.807) is 25.3 Å². The summed E-state index contributed by atoms with van der Waals surface area (Å²) in [6.45, 7) is -0.230. The van der Waals surface area contributed by atoms with Gasteiger partial charge in [-0.25, -0.2) is 0 Å². The number of nitrogens with one attached hydrogen (secondary N) is 1. The van der Waals surface area contributed by atoms with Crippen LogP contribution in [0.3, 0.4) is 0 Å². The number of carbonyl (C=O) groups is 1. The fraction of sp³-hybridized carbons (Fsp3) is 0.188. The van der Waals surface area contributed by atoms with Crippen molar-refractivity contribution in [3.05, 3.63) is 60.1 Å². The number of benzene rings is 1. The van der Waals surface area contributed by atoms with Crippen LogP contribution >= 0.6 is 0 Å². The summed E-state index contributed by atoms with van der Waals surface area (Å²) in [6, 6.07) is 10.2. The molecule has 0 fully saturated rings. The van der Waals surface area contributed by atoms with Crippen LogP contribution in [0, 0.1) is 0 Å². The van der Waals surface area contributed by atoms with E-state index in [1.165, 1.54) is 12.3 Å². The molecule has 0 spiro atoms. The Labute approximate surface area is 122 Å². The van der Waals surface area contributed by atoms with Gasteiger partial charge in [0, 0.05) is 6.08 Å². The van der Waals surface area contributed by atoms with E-state index >= 15 is 0 Å². The summed E-state index contributed by atoms with van der Waals surface area (Å²) in [6.07, 6.45) is 4.57. The maximum Gasteiger partial charge on any atom is 0.244 e. The second kappa shape index (κ2) is 7.31. The zero-order chi connectivity index (χ0) is 15.1. The molecular formula is C16H17NO4. The fourth-order valence-electron chi connectivity index (χ4n) is 1.83. The molecule has 0 aliphatic heterocycles. The van der Waals surface area contributed by atoms with E-state index in [2.05, 4.69) is 5.32 Å². The summed E-state index contributed by atoms with van der Waals surface area (Å²) in [5, 5.41) is 12.0. The van der Waals surface area contributed by atoms with Gasteiger partial charge in [0.05, 0.1) is 20.0 Å². The van der Waals surface area contributed by atoms with Crippen LogP contribution < -0.4 is 10.1 Å². The van der Waals surface area contributed by atoms with E-state index in [-0.39, 0.29) is 12.5 Å². The summed E-state index contributed by atoms with van der Waals surface area (Å²) >= 11 is 0. The Hall–Kier alpha value is -2.53. The minimum Gasteiger partial charge on any atom is -0.497 e. The molecule has 1 atom stereocenters. The van der Waals surface area contributed by atoms with Crippen molar-refractivity contribution < 1.29 is 19.1 Å². The average molecular weight is 287 g/mol. The molecule has 0 radical (unpaired) electrons. The normalized spacial score (nSPS) is 12.3. The first kappa shape index (κ1) is 14.9. The summed E-state index contributed by atoms with van der Waals surface area (Å²) in [5.41, 5.74) is 0.850. The molecule has 0 bridgehead atoms. The number of amides is 1. The molecule has 1 aromatic carbocycles. The van der Waals surface area contributed by atoms with Gasteiger partial charge in [0.15, 0.2) is 0 Å². The van der Waals surface area contributed by atoms with Gasteiger partial charge >= 0.3 is 0 Å². The quantitative estimate of drug-likeness (QED) is 0.799. The first-order valence-corrected chi connectivity index (χ1v) is 6.50. The van der Waals surface area contributed by atoms with E-state index in [0.29, 0.717) is 5.76 Å². The van der Waals surface area contributed by atoms with Gasteiger partial charge in [0.2, 0.25) is 5.91 Å². The Morgan fingerprint density at radius 3 is 2.95 bits per heavy atom. The number of rotatable bonds is 6. The van der Waals surface area contributed by atoms with Gasteiger partial charge < -0.3 is 19.6 Å². The molecule has 2 rings (SSSR count). The zero-order valence-corrected chi connectivity index (χ0v) is 11.7. The number of aliphatic hydroxyl groups is 1. The first-order valence-electron chi connectivity index (χ1n) is 6.50. The van der Waals surface area contributed by atoms with Crippen LogP contribution in [0.1, 0.15) is 17.4 Å². The molecule has 1 heterocycles. The smallest absolute Gasteiger partial charge is 0.244 e. The lowest BCUT2D eigenvalue weighted by Gasteiger charge is -2.12. The average Bonchev–Trinajstić information content (AvgIpc) is 3.05. The Balaban J connectivity index is 1.98. The molecule has 1 unspecified atom stereocenters. The van der Waals surface area contributed by atoms with Crippen LogP contribution in [0.15, 0.2) is 53.2 Å². The van der Waals surface area contributed by atoms with Crippen molar-refractivity contribution in [2.24, 2.45) is 0 Å². The second-order valence-corrected chi connectivity index (χ2v) is 4.37. The highest BCUT2D eigenvalue weighted by atomic mass is 16.5. The standard InChI is InChI=1S/C16H17NO4/c1-20-13-5-2-4-12(10-13)7-8-16(19)17-14(11-18)15-6-3-9-21-15/h2-10,14,18H,11H2,1H3,(H,17,19)/b8-7+. The van der Waals surface area contributed by atoms with Gasteiger partial charge in [-0.1, -0.05) is 12.1 Å². The predicted octanol–water partition coefficient (Wildman–Crippen LogP) is 2.15. The van der Waals surface area contributed by atoms with Crippen LogP contribution in [0.2, 0.25) is 0 Å². The summed E-state index contributed by atoms with van der Waals surface area (Å²) in [7, 11) is 1.59. The van der Waals surface area contributed by atoms with Gasteiger partial charge in [-0.2, -0.15) is 0 Å².